The van der Waals surface area contributed by atoms with Gasteiger partial charge >= 0.3 is 0 Å². The molecule has 2 aliphatic rings. The van der Waals surface area contributed by atoms with Gasteiger partial charge in [-0.15, -0.1) is 0 Å². The number of pyridine rings is 1. The van der Waals surface area contributed by atoms with Gasteiger partial charge in [0.05, 0.1) is 19.4 Å². The molecule has 0 aliphatic carbocycles. The number of oxazole rings is 1. The van der Waals surface area contributed by atoms with Crippen molar-refractivity contribution in [3.63, 3.8) is 0 Å². The quantitative estimate of drug-likeness (QED) is 0.487. The van der Waals surface area contributed by atoms with Crippen LogP contribution >= 0.6 is 0 Å². The second-order valence-electron chi connectivity index (χ2n) is 8.35. The number of nitrogens with zero attached hydrogens (tertiary/aromatic N) is 5. The Morgan fingerprint density at radius 2 is 1.94 bits per heavy atom. The van der Waals surface area contributed by atoms with Crippen molar-refractivity contribution < 1.29 is 13.5 Å². The highest BCUT2D eigenvalue weighted by Gasteiger charge is 2.20. The minimum Gasteiger partial charge on any atom is -0.423 e. The monoisotopic (exact) mass is 433 g/mol. The second kappa shape index (κ2) is 7.63. The molecular formula is C24H24FN5O2. The highest BCUT2D eigenvalue weighted by atomic mass is 19.1. The first kappa shape index (κ1) is 19.3. The Bertz CT molecular complexity index is 1340. The molecule has 1 aromatic carbocycles. The molecule has 3 aromatic heterocycles. The first-order chi connectivity index (χ1) is 15.7. The SMILES string of the molecule is Cn1cc(C2=CCN(c3ccc4oc(N5CCOCC5)nc4c3)CC2)c2cc(F)cnc21. The Morgan fingerprint density at radius 1 is 1.06 bits per heavy atom. The van der Waals surface area contributed by atoms with Gasteiger partial charge in [-0.3, -0.25) is 0 Å². The highest BCUT2D eigenvalue weighted by Crippen LogP contribution is 2.33. The zero-order valence-corrected chi connectivity index (χ0v) is 17.9. The van der Waals surface area contributed by atoms with Gasteiger partial charge in [0, 0.05) is 56.1 Å². The van der Waals surface area contributed by atoms with Gasteiger partial charge in [0.1, 0.15) is 17.0 Å². The Kier molecular flexibility index (Phi) is 4.61. The molecule has 1 fully saturated rings. The Balaban J connectivity index is 1.25. The van der Waals surface area contributed by atoms with Gasteiger partial charge in [0.2, 0.25) is 0 Å². The van der Waals surface area contributed by atoms with Crippen LogP contribution < -0.4 is 9.80 Å². The van der Waals surface area contributed by atoms with Crippen molar-refractivity contribution in [3.8, 4) is 0 Å². The van der Waals surface area contributed by atoms with Crippen molar-refractivity contribution in [2.45, 2.75) is 6.42 Å². The van der Waals surface area contributed by atoms with Crippen LogP contribution in [0.1, 0.15) is 12.0 Å². The van der Waals surface area contributed by atoms with Crippen LogP contribution in [0.15, 0.2) is 47.2 Å². The lowest BCUT2D eigenvalue weighted by molar-refractivity contribution is 0.120. The molecule has 0 amide bonds. The summed E-state index contributed by atoms with van der Waals surface area (Å²) in [6, 6.07) is 8.43. The summed E-state index contributed by atoms with van der Waals surface area (Å²) >= 11 is 0. The summed E-state index contributed by atoms with van der Waals surface area (Å²) < 4.78 is 27.1. The van der Waals surface area contributed by atoms with Crippen molar-refractivity contribution in [2.75, 3.05) is 49.2 Å². The maximum absolute atomic E-state index is 13.8. The third kappa shape index (κ3) is 3.31. The molecule has 6 rings (SSSR count). The Hall–Kier alpha value is -3.39. The van der Waals surface area contributed by atoms with E-state index in [1.165, 1.54) is 11.8 Å². The van der Waals surface area contributed by atoms with Gasteiger partial charge in [0.15, 0.2) is 5.58 Å². The molecule has 4 aromatic rings. The number of hydrogen-bond acceptors (Lipinski definition) is 6. The van der Waals surface area contributed by atoms with E-state index in [4.69, 9.17) is 14.1 Å². The van der Waals surface area contributed by atoms with E-state index in [1.807, 2.05) is 23.9 Å². The molecule has 0 radical (unpaired) electrons. The van der Waals surface area contributed by atoms with Crippen LogP contribution in [0.25, 0.3) is 27.7 Å². The summed E-state index contributed by atoms with van der Waals surface area (Å²) in [5, 5.41) is 0.867. The molecule has 0 atom stereocenters. The fourth-order valence-electron chi connectivity index (χ4n) is 4.63. The Labute approximate surface area is 184 Å². The predicted molar refractivity (Wildman–Crippen MR) is 123 cm³/mol. The molecule has 0 bridgehead atoms. The van der Waals surface area contributed by atoms with E-state index in [0.717, 1.165) is 66.0 Å². The average molecular weight is 433 g/mol. The molecule has 1 saturated heterocycles. The van der Waals surface area contributed by atoms with Gasteiger partial charge < -0.3 is 23.5 Å². The van der Waals surface area contributed by atoms with Crippen molar-refractivity contribution in [1.82, 2.24) is 14.5 Å². The topological polar surface area (TPSA) is 59.6 Å². The molecule has 0 spiro atoms. The third-order valence-corrected chi connectivity index (χ3v) is 6.34. The van der Waals surface area contributed by atoms with E-state index in [9.17, 15) is 4.39 Å². The zero-order chi connectivity index (χ0) is 21.7. The van der Waals surface area contributed by atoms with Crippen LogP contribution in [0.3, 0.4) is 0 Å². The normalized spacial score (nSPS) is 17.4. The van der Waals surface area contributed by atoms with Crippen LogP contribution in [0.2, 0.25) is 0 Å². The number of hydrogen-bond donors (Lipinski definition) is 0. The maximum Gasteiger partial charge on any atom is 0.298 e. The predicted octanol–water partition coefficient (Wildman–Crippen LogP) is 3.98. The molecule has 164 valence electrons. The molecule has 0 saturated carbocycles. The van der Waals surface area contributed by atoms with Crippen molar-refractivity contribution >= 4 is 39.4 Å². The summed E-state index contributed by atoms with van der Waals surface area (Å²) in [4.78, 5) is 13.4. The molecule has 5 heterocycles. The molecule has 8 heteroatoms. The van der Waals surface area contributed by atoms with Gasteiger partial charge in [0.25, 0.3) is 6.01 Å². The van der Waals surface area contributed by atoms with Crippen molar-refractivity contribution in [1.29, 1.82) is 0 Å². The number of halogens is 1. The molecule has 7 nitrogen and oxygen atoms in total. The zero-order valence-electron chi connectivity index (χ0n) is 17.9. The first-order valence-electron chi connectivity index (χ1n) is 10.9. The fraction of sp³-hybridized carbons (Fsp3) is 0.333. The molecule has 32 heavy (non-hydrogen) atoms. The molecular weight excluding hydrogens is 409 g/mol. The number of rotatable bonds is 3. The smallest absolute Gasteiger partial charge is 0.298 e. The standard InChI is InChI=1S/C24H24FN5O2/c1-28-15-20(19-12-17(25)14-26-23(19)28)16-4-6-29(7-5-16)18-2-3-22-21(13-18)27-24(32-22)30-8-10-31-11-9-30/h2-4,12-15H,5-11H2,1H3. The summed E-state index contributed by atoms with van der Waals surface area (Å²) in [5.41, 5.74) is 5.90. The fourth-order valence-corrected chi connectivity index (χ4v) is 4.63. The molecule has 0 unspecified atom stereocenters. The van der Waals surface area contributed by atoms with Gasteiger partial charge in [-0.05, 0) is 36.3 Å². The minimum absolute atomic E-state index is 0.305. The van der Waals surface area contributed by atoms with Gasteiger partial charge in [-0.25, -0.2) is 9.37 Å². The first-order valence-corrected chi connectivity index (χ1v) is 10.9. The molecule has 0 N–H and O–H groups in total. The third-order valence-electron chi connectivity index (χ3n) is 6.34. The largest absolute Gasteiger partial charge is 0.423 e. The van der Waals surface area contributed by atoms with Crippen molar-refractivity contribution in [3.05, 3.63) is 54.1 Å². The highest BCUT2D eigenvalue weighted by molar-refractivity contribution is 5.91. The number of morpholine rings is 1. The lowest BCUT2D eigenvalue weighted by atomic mass is 9.99. The van der Waals surface area contributed by atoms with E-state index in [2.05, 4.69) is 33.0 Å². The van der Waals surface area contributed by atoms with E-state index in [1.54, 1.807) is 6.07 Å². The van der Waals surface area contributed by atoms with Crippen LogP contribution in [0.5, 0.6) is 0 Å². The summed E-state index contributed by atoms with van der Waals surface area (Å²) in [6.07, 6.45) is 6.43. The van der Waals surface area contributed by atoms with E-state index < -0.39 is 0 Å². The summed E-state index contributed by atoms with van der Waals surface area (Å²) in [5.74, 6) is -0.305. The summed E-state index contributed by atoms with van der Waals surface area (Å²) in [7, 11) is 1.95. The van der Waals surface area contributed by atoms with E-state index in [0.29, 0.717) is 19.2 Å². The number of anilines is 2. The molecule has 2 aliphatic heterocycles. The lowest BCUT2D eigenvalue weighted by Crippen LogP contribution is -2.36. The van der Waals surface area contributed by atoms with Gasteiger partial charge in [-0.2, -0.15) is 4.98 Å². The number of ether oxygens (including phenoxy) is 1. The number of benzene rings is 1. The number of aromatic nitrogens is 3. The Morgan fingerprint density at radius 3 is 2.75 bits per heavy atom. The second-order valence-corrected chi connectivity index (χ2v) is 8.35. The van der Waals surface area contributed by atoms with Crippen LogP contribution in [0, 0.1) is 5.82 Å². The minimum atomic E-state index is -0.305. The van der Waals surface area contributed by atoms with Crippen LogP contribution in [-0.4, -0.2) is 53.9 Å². The van der Waals surface area contributed by atoms with Crippen molar-refractivity contribution in [2.24, 2.45) is 7.05 Å². The average Bonchev–Trinajstić information content (AvgIpc) is 3.40. The van der Waals surface area contributed by atoms with Crippen LogP contribution in [-0.2, 0) is 11.8 Å². The summed E-state index contributed by atoms with van der Waals surface area (Å²) in [6.45, 7) is 4.66. The lowest BCUT2D eigenvalue weighted by Gasteiger charge is -2.28. The van der Waals surface area contributed by atoms with Gasteiger partial charge in [-0.1, -0.05) is 6.08 Å². The van der Waals surface area contributed by atoms with E-state index >= 15 is 0 Å². The van der Waals surface area contributed by atoms with Crippen LogP contribution in [0.4, 0.5) is 16.1 Å². The number of fused-ring (bicyclic) bond motifs is 2. The van der Waals surface area contributed by atoms with E-state index in [-0.39, 0.29) is 5.82 Å². The maximum atomic E-state index is 13.8. The number of aryl methyl sites for hydroxylation is 1.